The van der Waals surface area contributed by atoms with Crippen molar-refractivity contribution in [1.82, 2.24) is 4.57 Å². The number of para-hydroxylation sites is 3. The van der Waals surface area contributed by atoms with Crippen molar-refractivity contribution in [3.63, 3.8) is 0 Å². The van der Waals surface area contributed by atoms with E-state index in [0.717, 1.165) is 66.6 Å². The smallest absolute Gasteiger partial charge is 0.135 e. The molecule has 0 fully saturated rings. The summed E-state index contributed by atoms with van der Waals surface area (Å²) in [6.45, 7) is 0. The predicted octanol–water partition coefficient (Wildman–Crippen LogP) is 13.2. The highest BCUT2D eigenvalue weighted by Crippen LogP contribution is 2.42. The topological polar surface area (TPSA) is 34.5 Å². The van der Waals surface area contributed by atoms with Gasteiger partial charge in [-0.15, -0.1) is 0 Å². The number of fused-ring (bicyclic) bond motifs is 11. The highest BCUT2D eigenvalue weighted by atomic mass is 16.3. The lowest BCUT2D eigenvalue weighted by molar-refractivity contribution is 0.668. The molecule has 0 spiro atoms. The van der Waals surface area contributed by atoms with Gasteiger partial charge in [0.15, 0.2) is 0 Å². The number of furan rings is 2. The summed E-state index contributed by atoms with van der Waals surface area (Å²) in [5, 5.41) is 9.37. The van der Waals surface area contributed by atoms with Gasteiger partial charge in [0, 0.05) is 60.5 Å². The van der Waals surface area contributed by atoms with Crippen LogP contribution in [0.4, 0.5) is 17.1 Å². The number of anilines is 3. The van der Waals surface area contributed by atoms with E-state index in [2.05, 4.69) is 155 Å². The molecular weight excluding hydrogens is 613 g/mol. The van der Waals surface area contributed by atoms with Crippen LogP contribution in [0.5, 0.6) is 0 Å². The maximum Gasteiger partial charge on any atom is 0.135 e. The van der Waals surface area contributed by atoms with Crippen LogP contribution in [0.25, 0.3) is 82.1 Å². The first-order chi connectivity index (χ1) is 24.8. The minimum atomic E-state index is 0.875. The van der Waals surface area contributed by atoms with E-state index >= 15 is 0 Å². The summed E-state index contributed by atoms with van der Waals surface area (Å²) in [6.07, 6.45) is 0. The van der Waals surface area contributed by atoms with Crippen LogP contribution in [0.1, 0.15) is 0 Å². The molecule has 0 aliphatic rings. The lowest BCUT2D eigenvalue weighted by atomic mass is 10.1. The fraction of sp³-hybridized carbons (Fsp3) is 0. The fourth-order valence-electron chi connectivity index (χ4n) is 7.90. The Kier molecular flexibility index (Phi) is 5.63. The average Bonchev–Trinajstić information content (AvgIpc) is 3.85. The van der Waals surface area contributed by atoms with Crippen molar-refractivity contribution in [2.45, 2.75) is 0 Å². The van der Waals surface area contributed by atoms with E-state index in [0.29, 0.717) is 0 Å². The van der Waals surface area contributed by atoms with Gasteiger partial charge in [-0.05, 0) is 84.2 Å². The summed E-state index contributed by atoms with van der Waals surface area (Å²) in [5.74, 6) is 0. The van der Waals surface area contributed by atoms with Crippen LogP contribution in [0.2, 0.25) is 0 Å². The van der Waals surface area contributed by atoms with E-state index in [1.165, 1.54) is 32.6 Å². The second-order valence-electron chi connectivity index (χ2n) is 12.9. The first-order valence-electron chi connectivity index (χ1n) is 16.9. The Hall–Kier alpha value is -6.78. The first kappa shape index (κ1) is 27.2. The van der Waals surface area contributed by atoms with Crippen molar-refractivity contribution >= 4 is 93.5 Å². The van der Waals surface area contributed by atoms with Crippen molar-refractivity contribution < 1.29 is 8.83 Å². The van der Waals surface area contributed by atoms with Crippen LogP contribution >= 0.6 is 0 Å². The molecule has 4 nitrogen and oxygen atoms in total. The van der Waals surface area contributed by atoms with Crippen molar-refractivity contribution in [1.29, 1.82) is 0 Å². The van der Waals surface area contributed by atoms with Crippen LogP contribution in [0.3, 0.4) is 0 Å². The zero-order valence-electron chi connectivity index (χ0n) is 26.9. The quantitative estimate of drug-likeness (QED) is 0.192. The molecule has 0 atom stereocenters. The molecule has 0 amide bonds. The number of nitrogens with zero attached hydrogens (tertiary/aromatic N) is 2. The molecule has 0 aliphatic heterocycles. The van der Waals surface area contributed by atoms with Gasteiger partial charge in [-0.25, -0.2) is 0 Å². The summed E-state index contributed by atoms with van der Waals surface area (Å²) in [4.78, 5) is 2.33. The van der Waals surface area contributed by atoms with Gasteiger partial charge in [-0.1, -0.05) is 91.0 Å². The van der Waals surface area contributed by atoms with Crippen LogP contribution in [0, 0.1) is 0 Å². The Morgan fingerprint density at radius 2 is 0.880 bits per heavy atom. The zero-order chi connectivity index (χ0) is 32.8. The highest BCUT2D eigenvalue weighted by Gasteiger charge is 2.19. The summed E-state index contributed by atoms with van der Waals surface area (Å²) >= 11 is 0. The van der Waals surface area contributed by atoms with Crippen LogP contribution in [-0.2, 0) is 0 Å². The molecule has 3 heterocycles. The summed E-state index contributed by atoms with van der Waals surface area (Å²) in [6, 6.07) is 60.2. The van der Waals surface area contributed by atoms with E-state index in [9.17, 15) is 0 Å². The van der Waals surface area contributed by atoms with E-state index in [-0.39, 0.29) is 0 Å². The number of hydrogen-bond donors (Lipinski definition) is 0. The lowest BCUT2D eigenvalue weighted by Crippen LogP contribution is -2.10. The third-order valence-electron chi connectivity index (χ3n) is 10.2. The lowest BCUT2D eigenvalue weighted by Gasteiger charge is -2.26. The maximum absolute atomic E-state index is 6.22. The number of aromatic nitrogens is 1. The van der Waals surface area contributed by atoms with E-state index in [1.807, 2.05) is 24.3 Å². The molecule has 0 radical (unpaired) electrons. The molecule has 11 rings (SSSR count). The largest absolute Gasteiger partial charge is 0.456 e. The summed E-state index contributed by atoms with van der Waals surface area (Å²) in [7, 11) is 0. The summed E-state index contributed by atoms with van der Waals surface area (Å²) < 4.78 is 14.8. The SMILES string of the molecule is c1ccc2c(c1)ccc1c3ccccc3n(-c3ccc(N(c4ccc5oc6ccccc6c5c4)c4ccc5oc6ccccc6c5c4)cc3)c21. The molecule has 234 valence electrons. The molecule has 0 N–H and O–H groups in total. The standard InChI is InChI=1S/C46H28N2O2/c1-2-10-34-29(9-1)17-24-38-35-11-3-6-14-41(35)48(46(34)38)31-20-18-30(19-21-31)47(32-22-25-44-39(27-32)36-12-4-7-15-42(36)49-44)33-23-26-45-40(28-33)37-13-5-8-16-43(37)50-45/h1-28H. The van der Waals surface area contributed by atoms with Gasteiger partial charge in [0.05, 0.1) is 11.0 Å². The van der Waals surface area contributed by atoms with Gasteiger partial charge in [0.1, 0.15) is 22.3 Å². The summed E-state index contributed by atoms with van der Waals surface area (Å²) in [5.41, 5.74) is 10.2. The molecule has 0 aliphatic carbocycles. The van der Waals surface area contributed by atoms with Crippen molar-refractivity contribution in [2.75, 3.05) is 4.90 Å². The van der Waals surface area contributed by atoms with Gasteiger partial charge in [-0.3, -0.25) is 0 Å². The minimum absolute atomic E-state index is 0.875. The normalized spacial score (nSPS) is 12.0. The third-order valence-corrected chi connectivity index (χ3v) is 10.2. The molecular formula is C46H28N2O2. The first-order valence-corrected chi connectivity index (χ1v) is 16.9. The third kappa shape index (κ3) is 3.93. The monoisotopic (exact) mass is 640 g/mol. The van der Waals surface area contributed by atoms with Gasteiger partial charge in [-0.2, -0.15) is 0 Å². The number of benzene rings is 8. The van der Waals surface area contributed by atoms with Gasteiger partial charge in [0.2, 0.25) is 0 Å². The molecule has 3 aromatic heterocycles. The molecule has 50 heavy (non-hydrogen) atoms. The van der Waals surface area contributed by atoms with Crippen molar-refractivity contribution in [3.8, 4) is 5.69 Å². The Balaban J connectivity index is 1.13. The van der Waals surface area contributed by atoms with Crippen LogP contribution in [-0.4, -0.2) is 4.57 Å². The molecule has 11 aromatic rings. The van der Waals surface area contributed by atoms with Gasteiger partial charge >= 0.3 is 0 Å². The van der Waals surface area contributed by atoms with Gasteiger partial charge < -0.3 is 18.3 Å². The highest BCUT2D eigenvalue weighted by molar-refractivity contribution is 6.18. The maximum atomic E-state index is 6.22. The Labute approximate surface area is 286 Å². The van der Waals surface area contributed by atoms with Crippen LogP contribution in [0.15, 0.2) is 179 Å². The second kappa shape index (κ2) is 10.4. The Bertz CT molecular complexity index is 2990. The van der Waals surface area contributed by atoms with Crippen molar-refractivity contribution in [3.05, 3.63) is 170 Å². The molecule has 8 aromatic carbocycles. The van der Waals surface area contributed by atoms with E-state index in [4.69, 9.17) is 8.83 Å². The predicted molar refractivity (Wildman–Crippen MR) is 208 cm³/mol. The molecule has 0 bridgehead atoms. The molecule has 0 saturated heterocycles. The van der Waals surface area contributed by atoms with Crippen LogP contribution < -0.4 is 4.90 Å². The molecule has 0 saturated carbocycles. The van der Waals surface area contributed by atoms with Crippen molar-refractivity contribution in [2.24, 2.45) is 0 Å². The number of rotatable bonds is 4. The van der Waals surface area contributed by atoms with Gasteiger partial charge in [0.25, 0.3) is 0 Å². The van der Waals surface area contributed by atoms with E-state index in [1.54, 1.807) is 0 Å². The Morgan fingerprint density at radius 3 is 1.54 bits per heavy atom. The fourth-order valence-corrected chi connectivity index (χ4v) is 7.90. The second-order valence-corrected chi connectivity index (χ2v) is 12.9. The number of hydrogen-bond acceptors (Lipinski definition) is 3. The minimum Gasteiger partial charge on any atom is -0.456 e. The molecule has 0 unspecified atom stereocenters. The average molecular weight is 641 g/mol. The van der Waals surface area contributed by atoms with E-state index < -0.39 is 0 Å². The molecule has 4 heteroatoms. The Morgan fingerprint density at radius 1 is 0.360 bits per heavy atom. The zero-order valence-corrected chi connectivity index (χ0v) is 26.9.